The van der Waals surface area contributed by atoms with Crippen LogP contribution in [0.25, 0.3) is 0 Å². The minimum Gasteiger partial charge on any atom is -0.346 e. The van der Waals surface area contributed by atoms with Crippen molar-refractivity contribution in [1.29, 1.82) is 0 Å². The maximum Gasteiger partial charge on any atom is 0.246 e. The van der Waals surface area contributed by atoms with Crippen LogP contribution in [-0.2, 0) is 24.0 Å². The average molecular weight is 464 g/mol. The summed E-state index contributed by atoms with van der Waals surface area (Å²) in [5.41, 5.74) is 5.28. The number of fused-ring (bicyclic) bond motifs is 1. The van der Waals surface area contributed by atoms with Crippen LogP contribution in [-0.4, -0.2) is 83.5 Å². The lowest BCUT2D eigenvalue weighted by Gasteiger charge is -2.37. The smallest absolute Gasteiger partial charge is 0.246 e. The molecule has 0 aromatic rings. The summed E-state index contributed by atoms with van der Waals surface area (Å²) >= 11 is 0. The molecule has 2 aliphatic heterocycles. The molecule has 0 spiro atoms. The second kappa shape index (κ2) is 11.6. The van der Waals surface area contributed by atoms with Gasteiger partial charge in [0, 0.05) is 12.6 Å². The Labute approximate surface area is 195 Å². The number of carbonyl (C=O) groups is 5. The molecule has 184 valence electrons. The molecule has 4 amide bonds. The van der Waals surface area contributed by atoms with Gasteiger partial charge in [0.15, 0.2) is 0 Å². The molecular formula is C23H37N5O5. The van der Waals surface area contributed by atoms with Crippen LogP contribution in [0, 0.1) is 5.92 Å². The number of rotatable bonds is 9. The Kier molecular flexibility index (Phi) is 8.82. The van der Waals surface area contributed by atoms with E-state index in [1.807, 2.05) is 6.92 Å². The molecule has 1 saturated carbocycles. The predicted molar refractivity (Wildman–Crippen MR) is 121 cm³/mol. The van der Waals surface area contributed by atoms with Crippen LogP contribution < -0.4 is 16.4 Å². The Morgan fingerprint density at radius 1 is 1.09 bits per heavy atom. The fraction of sp³-hybridized carbons (Fsp3) is 0.783. The van der Waals surface area contributed by atoms with Crippen molar-refractivity contribution in [2.45, 2.75) is 88.9 Å². The summed E-state index contributed by atoms with van der Waals surface area (Å²) in [6.45, 7) is 1.98. The molecule has 4 N–H and O–H groups in total. The predicted octanol–water partition coefficient (Wildman–Crippen LogP) is -0.304. The lowest BCUT2D eigenvalue weighted by molar-refractivity contribution is -0.148. The van der Waals surface area contributed by atoms with E-state index in [4.69, 9.17) is 5.73 Å². The number of likely N-dealkylation sites (tertiary alicyclic amines) is 2. The highest BCUT2D eigenvalue weighted by molar-refractivity contribution is 5.94. The second-order valence-corrected chi connectivity index (χ2v) is 9.37. The molecule has 10 heteroatoms. The van der Waals surface area contributed by atoms with E-state index in [0.717, 1.165) is 38.4 Å². The van der Waals surface area contributed by atoms with Crippen molar-refractivity contribution < 1.29 is 24.0 Å². The van der Waals surface area contributed by atoms with Gasteiger partial charge in [-0.05, 0) is 44.4 Å². The largest absolute Gasteiger partial charge is 0.346 e. The van der Waals surface area contributed by atoms with E-state index in [0.29, 0.717) is 32.2 Å². The van der Waals surface area contributed by atoms with Gasteiger partial charge in [0.25, 0.3) is 0 Å². The number of nitrogens with two attached hydrogens (primary N) is 1. The van der Waals surface area contributed by atoms with Crippen molar-refractivity contribution in [3.05, 3.63) is 0 Å². The molecule has 2 heterocycles. The fourth-order valence-electron chi connectivity index (χ4n) is 5.62. The number of aldehydes is 1. The molecule has 0 bridgehead atoms. The van der Waals surface area contributed by atoms with E-state index < -0.39 is 24.0 Å². The van der Waals surface area contributed by atoms with Crippen LogP contribution in [0.15, 0.2) is 0 Å². The SMILES string of the molecule is CCC[C@@H](C=O)NC(=O)[C@@H]1C[C@@H]2CCCC[C@@H]2N1C(=O)[C@@H]1CCCN1C(=O)CNC(=O)CN. The molecule has 0 aromatic carbocycles. The minimum atomic E-state index is -0.638. The molecule has 3 fully saturated rings. The number of amides is 4. The molecule has 1 aliphatic carbocycles. The molecule has 0 radical (unpaired) electrons. The molecule has 3 rings (SSSR count). The van der Waals surface area contributed by atoms with Gasteiger partial charge in [-0.2, -0.15) is 0 Å². The number of hydrogen-bond acceptors (Lipinski definition) is 6. The third-order valence-corrected chi connectivity index (χ3v) is 7.22. The van der Waals surface area contributed by atoms with Gasteiger partial charge in [-0.1, -0.05) is 26.2 Å². The average Bonchev–Trinajstić information content (AvgIpc) is 3.46. The highest BCUT2D eigenvalue weighted by Gasteiger charge is 2.50. The van der Waals surface area contributed by atoms with Gasteiger partial charge in [0.2, 0.25) is 23.6 Å². The first-order chi connectivity index (χ1) is 15.9. The molecule has 10 nitrogen and oxygen atoms in total. The van der Waals surface area contributed by atoms with Crippen molar-refractivity contribution in [1.82, 2.24) is 20.4 Å². The molecule has 33 heavy (non-hydrogen) atoms. The zero-order chi connectivity index (χ0) is 24.0. The van der Waals surface area contributed by atoms with Crippen LogP contribution in [0.4, 0.5) is 0 Å². The van der Waals surface area contributed by atoms with Gasteiger partial charge in [-0.3, -0.25) is 19.2 Å². The van der Waals surface area contributed by atoms with Crippen molar-refractivity contribution in [3.63, 3.8) is 0 Å². The first-order valence-electron chi connectivity index (χ1n) is 12.2. The summed E-state index contributed by atoms with van der Waals surface area (Å²) in [5.74, 6) is -0.970. The van der Waals surface area contributed by atoms with E-state index in [-0.39, 0.29) is 42.8 Å². The number of nitrogens with one attached hydrogen (secondary N) is 2. The normalized spacial score (nSPS) is 27.6. The second-order valence-electron chi connectivity index (χ2n) is 9.37. The van der Waals surface area contributed by atoms with Gasteiger partial charge >= 0.3 is 0 Å². The lowest BCUT2D eigenvalue weighted by atomic mass is 9.84. The molecule has 5 atom stereocenters. The Bertz CT molecular complexity index is 760. The standard InChI is InChI=1S/C23H37N5O5/c1-2-6-16(14-29)26-22(32)19-11-15-7-3-4-8-17(15)28(19)23(33)18-9-5-10-27(18)21(31)13-25-20(30)12-24/h14-19H,2-13,24H2,1H3,(H,25,30)(H,26,32)/t15-,16-,17-,18-,19-/m0/s1. The van der Waals surface area contributed by atoms with E-state index in [9.17, 15) is 24.0 Å². The molecule has 0 unspecified atom stereocenters. The summed E-state index contributed by atoms with van der Waals surface area (Å²) in [7, 11) is 0. The monoisotopic (exact) mass is 463 g/mol. The number of hydrogen-bond donors (Lipinski definition) is 3. The van der Waals surface area contributed by atoms with E-state index in [2.05, 4.69) is 10.6 Å². The summed E-state index contributed by atoms with van der Waals surface area (Å²) in [6.07, 6.45) is 7.80. The third-order valence-electron chi connectivity index (χ3n) is 7.22. The molecule has 2 saturated heterocycles. The van der Waals surface area contributed by atoms with Gasteiger partial charge in [-0.25, -0.2) is 0 Å². The Balaban J connectivity index is 1.76. The topological polar surface area (TPSA) is 142 Å². The highest BCUT2D eigenvalue weighted by atomic mass is 16.2. The number of nitrogens with zero attached hydrogens (tertiary/aromatic N) is 2. The van der Waals surface area contributed by atoms with Crippen LogP contribution >= 0.6 is 0 Å². The maximum absolute atomic E-state index is 13.8. The summed E-state index contributed by atoms with van der Waals surface area (Å²) in [5, 5.41) is 5.30. The third kappa shape index (κ3) is 5.72. The highest BCUT2D eigenvalue weighted by Crippen LogP contribution is 2.41. The Hall–Kier alpha value is -2.49. The van der Waals surface area contributed by atoms with Crippen molar-refractivity contribution in [2.75, 3.05) is 19.6 Å². The first-order valence-corrected chi connectivity index (χ1v) is 12.2. The van der Waals surface area contributed by atoms with E-state index in [1.165, 1.54) is 4.90 Å². The minimum absolute atomic E-state index is 0.0163. The van der Waals surface area contributed by atoms with Gasteiger partial charge in [0.1, 0.15) is 18.4 Å². The molecule has 3 aliphatic rings. The van der Waals surface area contributed by atoms with Crippen LogP contribution in [0.1, 0.15) is 64.7 Å². The van der Waals surface area contributed by atoms with Crippen molar-refractivity contribution >= 4 is 29.9 Å². The maximum atomic E-state index is 13.8. The molecule has 0 aromatic heterocycles. The first kappa shape index (κ1) is 25.1. The molecular weight excluding hydrogens is 426 g/mol. The quantitative estimate of drug-likeness (QED) is 0.401. The van der Waals surface area contributed by atoms with Crippen LogP contribution in [0.2, 0.25) is 0 Å². The van der Waals surface area contributed by atoms with E-state index >= 15 is 0 Å². The van der Waals surface area contributed by atoms with Crippen molar-refractivity contribution in [3.8, 4) is 0 Å². The van der Waals surface area contributed by atoms with Gasteiger partial charge < -0.3 is 31.0 Å². The van der Waals surface area contributed by atoms with Crippen LogP contribution in [0.5, 0.6) is 0 Å². The zero-order valence-electron chi connectivity index (χ0n) is 19.5. The summed E-state index contributed by atoms with van der Waals surface area (Å²) in [6, 6.07) is -1.84. The Morgan fingerprint density at radius 3 is 2.55 bits per heavy atom. The van der Waals surface area contributed by atoms with Crippen LogP contribution in [0.3, 0.4) is 0 Å². The van der Waals surface area contributed by atoms with Crippen molar-refractivity contribution in [2.24, 2.45) is 11.7 Å². The summed E-state index contributed by atoms with van der Waals surface area (Å²) in [4.78, 5) is 65.8. The van der Waals surface area contributed by atoms with E-state index in [1.54, 1.807) is 4.90 Å². The lowest BCUT2D eigenvalue weighted by Crippen LogP contribution is -2.57. The summed E-state index contributed by atoms with van der Waals surface area (Å²) < 4.78 is 0. The Morgan fingerprint density at radius 2 is 1.85 bits per heavy atom. The zero-order valence-corrected chi connectivity index (χ0v) is 19.5. The van der Waals surface area contributed by atoms with Gasteiger partial charge in [-0.15, -0.1) is 0 Å². The van der Waals surface area contributed by atoms with Gasteiger partial charge in [0.05, 0.1) is 19.1 Å². The number of carbonyl (C=O) groups excluding carboxylic acids is 5. The fourth-order valence-corrected chi connectivity index (χ4v) is 5.62.